The molecule has 1 aliphatic carbocycles. The minimum atomic E-state index is -0.890. The van der Waals surface area contributed by atoms with Gasteiger partial charge in [0.15, 0.2) is 0 Å². The molecule has 1 aliphatic rings. The number of aliphatic carboxylic acids is 1. The molecule has 88 valence electrons. The molecule has 5 heteroatoms. The van der Waals surface area contributed by atoms with Crippen molar-refractivity contribution in [2.45, 2.75) is 12.8 Å². The maximum absolute atomic E-state index is 10.8. The van der Waals surface area contributed by atoms with Crippen LogP contribution in [0.3, 0.4) is 0 Å². The van der Waals surface area contributed by atoms with Crippen molar-refractivity contribution in [2.24, 2.45) is 5.92 Å². The smallest absolute Gasteiger partial charge is 0.323 e. The molecule has 1 aromatic rings. The van der Waals surface area contributed by atoms with Gasteiger partial charge in [-0.1, -0.05) is 0 Å². The molecule has 0 aliphatic heterocycles. The van der Waals surface area contributed by atoms with Gasteiger partial charge in [-0.15, -0.1) is 0 Å². The number of hydrogen-bond acceptors (Lipinski definition) is 4. The average molecular weight is 231 g/mol. The van der Waals surface area contributed by atoms with Crippen molar-refractivity contribution in [1.29, 1.82) is 5.26 Å². The van der Waals surface area contributed by atoms with Crippen LogP contribution < -0.4 is 4.90 Å². The number of carboxylic acid groups (broad SMARTS) is 1. The summed E-state index contributed by atoms with van der Waals surface area (Å²) in [5, 5.41) is 17.9. The molecular weight excluding hydrogens is 218 g/mol. The highest BCUT2D eigenvalue weighted by Crippen LogP contribution is 2.31. The van der Waals surface area contributed by atoms with Crippen LogP contribution in [-0.4, -0.2) is 29.1 Å². The minimum Gasteiger partial charge on any atom is -0.480 e. The summed E-state index contributed by atoms with van der Waals surface area (Å²) in [7, 11) is 0. The van der Waals surface area contributed by atoms with Gasteiger partial charge in [0.05, 0.1) is 17.4 Å². The molecule has 0 saturated heterocycles. The number of nitrogens with zero attached hydrogens (tertiary/aromatic N) is 3. The van der Waals surface area contributed by atoms with Crippen molar-refractivity contribution < 1.29 is 9.90 Å². The van der Waals surface area contributed by atoms with Crippen LogP contribution >= 0.6 is 0 Å². The lowest BCUT2D eigenvalue weighted by molar-refractivity contribution is -0.135. The summed E-state index contributed by atoms with van der Waals surface area (Å²) >= 11 is 0. The number of carboxylic acids is 1. The van der Waals surface area contributed by atoms with E-state index in [4.69, 9.17) is 10.4 Å². The Balaban J connectivity index is 2.23. The second-order valence-electron chi connectivity index (χ2n) is 4.22. The fourth-order valence-corrected chi connectivity index (χ4v) is 1.76. The van der Waals surface area contributed by atoms with Crippen molar-refractivity contribution in [3.63, 3.8) is 0 Å². The third kappa shape index (κ3) is 2.94. The molecule has 0 bridgehead atoms. The zero-order valence-electron chi connectivity index (χ0n) is 9.33. The molecule has 2 rings (SSSR count). The number of rotatable bonds is 5. The van der Waals surface area contributed by atoms with Gasteiger partial charge in [0.25, 0.3) is 0 Å². The predicted octanol–water partition coefficient (Wildman–Crippen LogP) is 1.25. The van der Waals surface area contributed by atoms with E-state index >= 15 is 0 Å². The maximum Gasteiger partial charge on any atom is 0.323 e. The van der Waals surface area contributed by atoms with E-state index in [0.717, 1.165) is 12.8 Å². The van der Waals surface area contributed by atoms with Crippen molar-refractivity contribution in [3.05, 3.63) is 24.0 Å². The first kappa shape index (κ1) is 11.4. The standard InChI is InChI=1S/C12H13N3O2/c13-5-10-3-4-14-6-11(10)15(8-12(16)17)7-9-1-2-9/h3-4,6,9H,1-2,7-8H2,(H,16,17). The second kappa shape index (κ2) is 4.83. The van der Waals surface area contributed by atoms with Crippen molar-refractivity contribution >= 4 is 11.7 Å². The Bertz CT molecular complexity index is 463. The van der Waals surface area contributed by atoms with Gasteiger partial charge in [-0.2, -0.15) is 5.26 Å². The van der Waals surface area contributed by atoms with Crippen molar-refractivity contribution in [2.75, 3.05) is 18.0 Å². The summed E-state index contributed by atoms with van der Waals surface area (Å²) in [6.45, 7) is 0.601. The van der Waals surface area contributed by atoms with E-state index in [9.17, 15) is 4.79 Å². The van der Waals surface area contributed by atoms with E-state index in [0.29, 0.717) is 23.7 Å². The molecule has 0 unspecified atom stereocenters. The Kier molecular flexibility index (Phi) is 3.24. The van der Waals surface area contributed by atoms with Gasteiger partial charge in [-0.3, -0.25) is 9.78 Å². The highest BCUT2D eigenvalue weighted by molar-refractivity contribution is 5.75. The number of aromatic nitrogens is 1. The zero-order valence-corrected chi connectivity index (χ0v) is 9.33. The van der Waals surface area contributed by atoms with Crippen molar-refractivity contribution in [3.8, 4) is 6.07 Å². The monoisotopic (exact) mass is 231 g/mol. The Hall–Kier alpha value is -2.09. The largest absolute Gasteiger partial charge is 0.480 e. The third-order valence-corrected chi connectivity index (χ3v) is 2.76. The molecule has 1 heterocycles. The van der Waals surface area contributed by atoms with Crippen LogP contribution in [0.5, 0.6) is 0 Å². The summed E-state index contributed by atoms with van der Waals surface area (Å²) in [6.07, 6.45) is 5.37. The summed E-state index contributed by atoms with van der Waals surface area (Å²) < 4.78 is 0. The second-order valence-corrected chi connectivity index (χ2v) is 4.22. The SMILES string of the molecule is N#Cc1ccncc1N(CC(=O)O)CC1CC1. The molecule has 5 nitrogen and oxygen atoms in total. The van der Waals surface area contributed by atoms with E-state index in [2.05, 4.69) is 11.1 Å². The highest BCUT2D eigenvalue weighted by Gasteiger charge is 2.26. The topological polar surface area (TPSA) is 77.2 Å². The normalized spacial score (nSPS) is 14.1. The summed E-state index contributed by atoms with van der Waals surface area (Å²) in [5.74, 6) is -0.334. The van der Waals surface area contributed by atoms with Gasteiger partial charge in [-0.05, 0) is 24.8 Å². The minimum absolute atomic E-state index is 0.0864. The number of anilines is 1. The summed E-state index contributed by atoms with van der Waals surface area (Å²) in [5.41, 5.74) is 1.09. The van der Waals surface area contributed by atoms with Crippen LogP contribution in [0.1, 0.15) is 18.4 Å². The third-order valence-electron chi connectivity index (χ3n) is 2.76. The van der Waals surface area contributed by atoms with Crippen LogP contribution in [0.2, 0.25) is 0 Å². The summed E-state index contributed by atoms with van der Waals surface area (Å²) in [4.78, 5) is 16.5. The molecule has 1 saturated carbocycles. The molecule has 0 spiro atoms. The van der Waals surface area contributed by atoms with Crippen molar-refractivity contribution in [1.82, 2.24) is 4.98 Å². The predicted molar refractivity (Wildman–Crippen MR) is 61.5 cm³/mol. The molecule has 0 aromatic carbocycles. The van der Waals surface area contributed by atoms with Gasteiger partial charge in [0.2, 0.25) is 0 Å². The van der Waals surface area contributed by atoms with Crippen LogP contribution in [0.15, 0.2) is 18.5 Å². The number of hydrogen-bond donors (Lipinski definition) is 1. The average Bonchev–Trinajstić information content (AvgIpc) is 3.11. The van der Waals surface area contributed by atoms with E-state index in [1.54, 1.807) is 17.2 Å². The lowest BCUT2D eigenvalue weighted by Gasteiger charge is -2.23. The Morgan fingerprint density at radius 3 is 3.00 bits per heavy atom. The molecule has 1 aromatic heterocycles. The Morgan fingerprint density at radius 1 is 1.65 bits per heavy atom. The zero-order chi connectivity index (χ0) is 12.3. The van der Waals surface area contributed by atoms with E-state index in [1.807, 2.05) is 0 Å². The molecule has 0 radical (unpaired) electrons. The molecule has 1 N–H and O–H groups in total. The highest BCUT2D eigenvalue weighted by atomic mass is 16.4. The molecule has 0 amide bonds. The Labute approximate surface area is 99.3 Å². The quantitative estimate of drug-likeness (QED) is 0.825. The van der Waals surface area contributed by atoms with E-state index < -0.39 is 5.97 Å². The summed E-state index contributed by atoms with van der Waals surface area (Å²) in [6, 6.07) is 3.68. The fourth-order valence-electron chi connectivity index (χ4n) is 1.76. The van der Waals surface area contributed by atoms with Gasteiger partial charge < -0.3 is 10.0 Å². The van der Waals surface area contributed by atoms with Crippen LogP contribution in [-0.2, 0) is 4.79 Å². The fraction of sp³-hybridized carbons (Fsp3) is 0.417. The van der Waals surface area contributed by atoms with Gasteiger partial charge in [0, 0.05) is 12.7 Å². The number of pyridine rings is 1. The first-order valence-corrected chi connectivity index (χ1v) is 5.51. The van der Waals surface area contributed by atoms with Gasteiger partial charge in [-0.25, -0.2) is 0 Å². The first-order chi connectivity index (χ1) is 8.20. The first-order valence-electron chi connectivity index (χ1n) is 5.51. The molecular formula is C12H13N3O2. The lowest BCUT2D eigenvalue weighted by Crippen LogP contribution is -2.32. The number of nitriles is 1. The van der Waals surface area contributed by atoms with Gasteiger partial charge in [0.1, 0.15) is 12.6 Å². The maximum atomic E-state index is 10.8. The van der Waals surface area contributed by atoms with E-state index in [-0.39, 0.29) is 6.54 Å². The van der Waals surface area contributed by atoms with Crippen LogP contribution in [0.4, 0.5) is 5.69 Å². The van der Waals surface area contributed by atoms with E-state index in [1.165, 1.54) is 6.20 Å². The molecule has 1 fully saturated rings. The molecule has 17 heavy (non-hydrogen) atoms. The Morgan fingerprint density at radius 2 is 2.41 bits per heavy atom. The van der Waals surface area contributed by atoms with Crippen LogP contribution in [0, 0.1) is 17.2 Å². The van der Waals surface area contributed by atoms with Gasteiger partial charge >= 0.3 is 5.97 Å². The lowest BCUT2D eigenvalue weighted by atomic mass is 10.2. The van der Waals surface area contributed by atoms with Crippen LogP contribution in [0.25, 0.3) is 0 Å². The molecule has 0 atom stereocenters. The number of carbonyl (C=O) groups is 1.